The molecule has 0 saturated carbocycles. The molecule has 0 aliphatic carbocycles. The lowest BCUT2D eigenvalue weighted by Gasteiger charge is -2.24. The molecule has 0 radical (unpaired) electrons. The molecule has 0 rings (SSSR count). The molecule has 28 heavy (non-hydrogen) atoms. The summed E-state index contributed by atoms with van der Waals surface area (Å²) in [4.78, 5) is 0. The maximum absolute atomic E-state index is 2.35. The highest BCUT2D eigenvalue weighted by atomic mass is 14.2. The molecule has 0 aromatic rings. The van der Waals surface area contributed by atoms with E-state index in [1.807, 2.05) is 0 Å². The van der Waals surface area contributed by atoms with Crippen LogP contribution in [0.1, 0.15) is 169 Å². The molecule has 0 aromatic carbocycles. The highest BCUT2D eigenvalue weighted by molar-refractivity contribution is 4.69. The Morgan fingerprint density at radius 1 is 0.321 bits per heavy atom. The molecule has 0 aromatic heterocycles. The summed E-state index contributed by atoms with van der Waals surface area (Å²) < 4.78 is 0. The molecule has 0 nitrogen and oxygen atoms in total. The predicted octanol–water partition coefficient (Wildman–Crippen LogP) is 10.9. The number of hydrogen-bond acceptors (Lipinski definition) is 0. The smallest absolute Gasteiger partial charge is 0.0412 e. The van der Waals surface area contributed by atoms with Crippen molar-refractivity contribution in [2.75, 3.05) is 0 Å². The highest BCUT2D eigenvalue weighted by Crippen LogP contribution is 2.30. The third-order valence-corrected chi connectivity index (χ3v) is 6.78. The van der Waals surface area contributed by atoms with Crippen LogP contribution in [0.2, 0.25) is 0 Å². The third-order valence-electron chi connectivity index (χ3n) is 6.78. The zero-order valence-electron chi connectivity index (χ0n) is 20.7. The van der Waals surface area contributed by atoms with Crippen molar-refractivity contribution in [2.24, 2.45) is 11.8 Å². The van der Waals surface area contributed by atoms with Crippen LogP contribution in [0.3, 0.4) is 0 Å². The second-order valence-corrected chi connectivity index (χ2v) is 9.72. The number of unbranched alkanes of at least 4 members (excludes halogenated alkanes) is 13. The van der Waals surface area contributed by atoms with Crippen LogP contribution in [0, 0.1) is 11.8 Å². The summed E-state index contributed by atoms with van der Waals surface area (Å²) >= 11 is 0. The largest absolute Gasteiger partial charge is 0.0654 e. The monoisotopic (exact) mass is 394 g/mol. The summed E-state index contributed by atoms with van der Waals surface area (Å²) in [7, 11) is 0. The first-order chi connectivity index (χ1) is 13.8. The van der Waals surface area contributed by atoms with Gasteiger partial charge in [0.15, 0.2) is 0 Å². The van der Waals surface area contributed by atoms with Crippen LogP contribution < -0.4 is 0 Å². The molecule has 0 heteroatoms. The van der Waals surface area contributed by atoms with Gasteiger partial charge in [-0.25, -0.2) is 0 Å². The van der Waals surface area contributed by atoms with Crippen molar-refractivity contribution < 1.29 is 0 Å². The summed E-state index contributed by atoms with van der Waals surface area (Å²) in [5.74, 6) is 2.06. The molecule has 0 bridgehead atoms. The fraction of sp³-hybridized carbons (Fsp3) is 1.00. The van der Waals surface area contributed by atoms with Gasteiger partial charge in [-0.3, -0.25) is 0 Å². The molecule has 0 fully saturated rings. The van der Waals surface area contributed by atoms with Gasteiger partial charge < -0.3 is 0 Å². The van der Waals surface area contributed by atoms with Gasteiger partial charge >= 0.3 is 0 Å². The van der Waals surface area contributed by atoms with Gasteiger partial charge in [0.25, 0.3) is 0 Å². The Bertz CT molecular complexity index is 257. The van der Waals surface area contributed by atoms with E-state index in [4.69, 9.17) is 0 Å². The van der Waals surface area contributed by atoms with E-state index in [0.717, 1.165) is 11.8 Å². The second-order valence-electron chi connectivity index (χ2n) is 9.72. The van der Waals surface area contributed by atoms with Gasteiger partial charge in [-0.05, 0) is 18.3 Å². The predicted molar refractivity (Wildman–Crippen MR) is 131 cm³/mol. The first-order valence-electron chi connectivity index (χ1n) is 13.8. The first kappa shape index (κ1) is 28.0. The Morgan fingerprint density at radius 2 is 0.571 bits per heavy atom. The van der Waals surface area contributed by atoms with Gasteiger partial charge in [0.2, 0.25) is 0 Å². The first-order valence-corrected chi connectivity index (χ1v) is 13.8. The Balaban J connectivity index is 4.39. The molecular formula is C28H58. The molecule has 0 amide bonds. The zero-order valence-corrected chi connectivity index (χ0v) is 20.7. The van der Waals surface area contributed by atoms with Crippen molar-refractivity contribution >= 4 is 0 Å². The van der Waals surface area contributed by atoms with Gasteiger partial charge in [0, 0.05) is 0 Å². The summed E-state index contributed by atoms with van der Waals surface area (Å²) in [6.07, 6.45) is 32.3. The van der Waals surface area contributed by atoms with Crippen LogP contribution in [0.4, 0.5) is 0 Å². The molecule has 0 spiro atoms. The zero-order chi connectivity index (χ0) is 20.7. The summed E-state index contributed by atoms with van der Waals surface area (Å²) in [6, 6.07) is 0. The lowest BCUT2D eigenvalue weighted by Crippen LogP contribution is -2.10. The minimum atomic E-state index is 1.03. The summed E-state index contributed by atoms with van der Waals surface area (Å²) in [5.41, 5.74) is 0. The second kappa shape index (κ2) is 23.3. The summed E-state index contributed by atoms with van der Waals surface area (Å²) in [5, 5.41) is 0. The van der Waals surface area contributed by atoms with E-state index in [1.165, 1.54) is 135 Å². The maximum atomic E-state index is 2.35. The molecule has 1 unspecified atom stereocenters. The minimum Gasteiger partial charge on any atom is -0.0654 e. The summed E-state index contributed by atoms with van der Waals surface area (Å²) in [6.45, 7) is 9.36. The molecule has 170 valence electrons. The van der Waals surface area contributed by atoms with E-state index in [1.54, 1.807) is 6.42 Å². The van der Waals surface area contributed by atoms with Crippen molar-refractivity contribution in [3.8, 4) is 0 Å². The molecule has 0 N–H and O–H groups in total. The molecule has 0 aliphatic heterocycles. The van der Waals surface area contributed by atoms with Crippen molar-refractivity contribution in [2.45, 2.75) is 169 Å². The van der Waals surface area contributed by atoms with Crippen molar-refractivity contribution in [3.05, 3.63) is 0 Å². The third kappa shape index (κ3) is 19.3. The van der Waals surface area contributed by atoms with Gasteiger partial charge in [-0.1, -0.05) is 163 Å². The minimum absolute atomic E-state index is 1.03. The Hall–Kier alpha value is 0. The molecule has 1 atom stereocenters. The maximum Gasteiger partial charge on any atom is -0.0412 e. The molecule has 0 aliphatic rings. The highest BCUT2D eigenvalue weighted by Gasteiger charge is 2.16. The van der Waals surface area contributed by atoms with E-state index >= 15 is 0 Å². The Morgan fingerprint density at radius 3 is 0.964 bits per heavy atom. The van der Waals surface area contributed by atoms with Crippen molar-refractivity contribution in [1.29, 1.82) is 0 Å². The average molecular weight is 395 g/mol. The molecular weight excluding hydrogens is 336 g/mol. The number of rotatable bonds is 23. The van der Waals surface area contributed by atoms with E-state index in [2.05, 4.69) is 27.7 Å². The average Bonchev–Trinajstić information content (AvgIpc) is 2.70. The quantitative estimate of drug-likeness (QED) is 0.151. The topological polar surface area (TPSA) is 0 Å². The normalized spacial score (nSPS) is 12.8. The van der Waals surface area contributed by atoms with E-state index in [0.29, 0.717) is 0 Å². The van der Waals surface area contributed by atoms with Crippen LogP contribution in [-0.4, -0.2) is 0 Å². The van der Waals surface area contributed by atoms with Gasteiger partial charge in [-0.2, -0.15) is 0 Å². The lowest BCUT2D eigenvalue weighted by molar-refractivity contribution is 0.283. The fourth-order valence-electron chi connectivity index (χ4n) is 4.85. The Kier molecular flexibility index (Phi) is 23.3. The van der Waals surface area contributed by atoms with Gasteiger partial charge in [0.1, 0.15) is 0 Å². The van der Waals surface area contributed by atoms with Gasteiger partial charge in [0.05, 0.1) is 0 Å². The van der Waals surface area contributed by atoms with Crippen molar-refractivity contribution in [1.82, 2.24) is 0 Å². The van der Waals surface area contributed by atoms with Crippen LogP contribution >= 0.6 is 0 Å². The van der Waals surface area contributed by atoms with Crippen LogP contribution in [-0.2, 0) is 0 Å². The van der Waals surface area contributed by atoms with E-state index in [-0.39, 0.29) is 0 Å². The van der Waals surface area contributed by atoms with Gasteiger partial charge in [-0.15, -0.1) is 0 Å². The molecule has 0 heterocycles. The lowest BCUT2D eigenvalue weighted by atomic mass is 9.82. The molecule has 0 saturated heterocycles. The SMILES string of the molecule is CCCCCCCCC(CCCCC)CC(CCCCCC)CCCCCC. The van der Waals surface area contributed by atoms with Crippen LogP contribution in [0.25, 0.3) is 0 Å². The van der Waals surface area contributed by atoms with Crippen molar-refractivity contribution in [3.63, 3.8) is 0 Å². The fourth-order valence-corrected chi connectivity index (χ4v) is 4.85. The van der Waals surface area contributed by atoms with E-state index in [9.17, 15) is 0 Å². The van der Waals surface area contributed by atoms with Crippen LogP contribution in [0.15, 0.2) is 0 Å². The standard InChI is InChI=1S/C28H58/c1-5-9-13-16-17-21-25-27(22-18-12-8-4)26-28(23-19-14-10-6-2)24-20-15-11-7-3/h27-28H,5-26H2,1-4H3. The Labute approximate surface area is 181 Å². The van der Waals surface area contributed by atoms with Crippen LogP contribution in [0.5, 0.6) is 0 Å². The number of hydrogen-bond donors (Lipinski definition) is 0. The van der Waals surface area contributed by atoms with E-state index < -0.39 is 0 Å².